The summed E-state index contributed by atoms with van der Waals surface area (Å²) in [4.78, 5) is 11.4. The van der Waals surface area contributed by atoms with Gasteiger partial charge in [0.1, 0.15) is 0 Å². The zero-order valence-corrected chi connectivity index (χ0v) is 13.1. The highest BCUT2D eigenvalue weighted by molar-refractivity contribution is 8.13. The number of carbonyl (C=O) groups is 1. The minimum absolute atomic E-state index is 0.350. The van der Waals surface area contributed by atoms with Crippen LogP contribution in [-0.2, 0) is 13.6 Å². The van der Waals surface area contributed by atoms with Crippen LogP contribution >= 0.6 is 11.8 Å². The molecule has 101 valence electrons. The van der Waals surface area contributed by atoms with Gasteiger partial charge >= 0.3 is 9.28 Å². The normalized spacial score (nSPS) is 11.1. The van der Waals surface area contributed by atoms with E-state index in [-0.39, 0.29) is 0 Å². The van der Waals surface area contributed by atoms with Crippen molar-refractivity contribution in [2.75, 3.05) is 20.0 Å². The summed E-state index contributed by atoms with van der Waals surface area (Å²) in [6, 6.07) is 1.00. The molecule has 0 saturated carbocycles. The molecule has 5 heteroatoms. The average molecular weight is 277 g/mol. The number of hydrogen-bond donors (Lipinski definition) is 0. The molecule has 3 nitrogen and oxygen atoms in total. The molecule has 0 aromatic rings. The number of carbonyl (C=O) groups excluding carboxylic acids is 1. The predicted octanol–water partition coefficient (Wildman–Crippen LogP) is 3.39. The SMILES string of the molecule is CCCCCC(=O)SCCCC[Si](OC)OC. The summed E-state index contributed by atoms with van der Waals surface area (Å²) in [6.07, 6.45) is 6.29. The summed E-state index contributed by atoms with van der Waals surface area (Å²) in [5, 5.41) is 0.350. The van der Waals surface area contributed by atoms with Gasteiger partial charge in [0.05, 0.1) is 0 Å². The molecule has 0 spiro atoms. The largest absolute Gasteiger partial charge is 0.397 e. The highest BCUT2D eigenvalue weighted by Gasteiger charge is 2.10. The Morgan fingerprint density at radius 3 is 2.41 bits per heavy atom. The summed E-state index contributed by atoms with van der Waals surface area (Å²) < 4.78 is 10.4. The second-order valence-electron chi connectivity index (χ2n) is 3.91. The van der Waals surface area contributed by atoms with Crippen molar-refractivity contribution in [2.24, 2.45) is 0 Å². The number of thioether (sulfide) groups is 1. The van der Waals surface area contributed by atoms with Crippen LogP contribution in [0, 0.1) is 0 Å². The van der Waals surface area contributed by atoms with E-state index in [0.717, 1.165) is 37.5 Å². The van der Waals surface area contributed by atoms with Crippen LogP contribution in [0.1, 0.15) is 45.4 Å². The van der Waals surface area contributed by atoms with Crippen molar-refractivity contribution in [2.45, 2.75) is 51.5 Å². The predicted molar refractivity (Wildman–Crippen MR) is 75.4 cm³/mol. The molecule has 0 fully saturated rings. The van der Waals surface area contributed by atoms with Gasteiger partial charge in [-0.25, -0.2) is 0 Å². The Morgan fingerprint density at radius 2 is 1.82 bits per heavy atom. The summed E-state index contributed by atoms with van der Waals surface area (Å²) >= 11 is 1.48. The third kappa shape index (κ3) is 11.0. The second-order valence-corrected chi connectivity index (χ2v) is 7.13. The van der Waals surface area contributed by atoms with E-state index in [1.54, 1.807) is 14.2 Å². The molecule has 0 rings (SSSR count). The molecule has 0 aromatic carbocycles. The van der Waals surface area contributed by atoms with Crippen LogP contribution in [0.15, 0.2) is 0 Å². The van der Waals surface area contributed by atoms with Crippen LogP contribution in [-0.4, -0.2) is 34.4 Å². The van der Waals surface area contributed by atoms with E-state index < -0.39 is 9.28 Å². The van der Waals surface area contributed by atoms with Crippen molar-refractivity contribution in [3.63, 3.8) is 0 Å². The molecule has 1 radical (unpaired) electrons. The smallest absolute Gasteiger partial charge is 0.384 e. The monoisotopic (exact) mass is 277 g/mol. The fraction of sp³-hybridized carbons (Fsp3) is 0.917. The molecule has 0 unspecified atom stereocenters. The number of hydrogen-bond acceptors (Lipinski definition) is 4. The first kappa shape index (κ1) is 17.2. The summed E-state index contributed by atoms with van der Waals surface area (Å²) in [6.45, 7) is 2.16. The lowest BCUT2D eigenvalue weighted by molar-refractivity contribution is -0.111. The first-order chi connectivity index (χ1) is 8.24. The van der Waals surface area contributed by atoms with E-state index >= 15 is 0 Å². The van der Waals surface area contributed by atoms with Gasteiger partial charge in [-0.1, -0.05) is 37.9 Å². The van der Waals surface area contributed by atoms with E-state index in [0.29, 0.717) is 5.12 Å². The van der Waals surface area contributed by atoms with Crippen LogP contribution in [0.4, 0.5) is 0 Å². The topological polar surface area (TPSA) is 35.5 Å². The van der Waals surface area contributed by atoms with Gasteiger partial charge in [0.25, 0.3) is 0 Å². The van der Waals surface area contributed by atoms with E-state index in [4.69, 9.17) is 8.85 Å². The van der Waals surface area contributed by atoms with Crippen molar-refractivity contribution in [1.29, 1.82) is 0 Å². The van der Waals surface area contributed by atoms with Crippen molar-refractivity contribution < 1.29 is 13.6 Å². The summed E-state index contributed by atoms with van der Waals surface area (Å²) in [5.74, 6) is 0.938. The Balaban J connectivity index is 3.29. The molecule has 0 N–H and O–H groups in total. The lowest BCUT2D eigenvalue weighted by atomic mass is 10.2. The minimum atomic E-state index is -1.04. The standard InChI is InChI=1S/C12H25O3SSi/c1-4-5-6-9-12(13)16-10-7-8-11-17(14-2)15-3/h4-11H2,1-3H3. The molecule has 17 heavy (non-hydrogen) atoms. The van der Waals surface area contributed by atoms with Gasteiger partial charge in [0, 0.05) is 26.4 Å². The van der Waals surface area contributed by atoms with Gasteiger partial charge in [-0.3, -0.25) is 4.79 Å². The van der Waals surface area contributed by atoms with E-state index in [1.165, 1.54) is 24.6 Å². The fourth-order valence-corrected chi connectivity index (χ4v) is 3.41. The van der Waals surface area contributed by atoms with Gasteiger partial charge in [0.2, 0.25) is 0 Å². The molecule has 0 aliphatic rings. The van der Waals surface area contributed by atoms with Crippen molar-refractivity contribution in [3.8, 4) is 0 Å². The Hall–Kier alpha value is 0.157. The maximum atomic E-state index is 11.4. The van der Waals surface area contributed by atoms with Gasteiger partial charge in [-0.15, -0.1) is 0 Å². The third-order valence-corrected chi connectivity index (χ3v) is 5.17. The highest BCUT2D eigenvalue weighted by atomic mass is 32.2. The van der Waals surface area contributed by atoms with Gasteiger partial charge in [0.15, 0.2) is 5.12 Å². The molecule has 0 heterocycles. The van der Waals surface area contributed by atoms with Crippen molar-refractivity contribution >= 4 is 26.2 Å². The molecule has 0 saturated heterocycles. The average Bonchev–Trinajstić information content (AvgIpc) is 2.34. The van der Waals surface area contributed by atoms with Crippen LogP contribution in [0.25, 0.3) is 0 Å². The zero-order chi connectivity index (χ0) is 12.9. The molecular weight excluding hydrogens is 252 g/mol. The van der Waals surface area contributed by atoms with Crippen LogP contribution in [0.3, 0.4) is 0 Å². The Morgan fingerprint density at radius 1 is 1.12 bits per heavy atom. The van der Waals surface area contributed by atoms with E-state index in [1.807, 2.05) is 0 Å². The van der Waals surface area contributed by atoms with E-state index in [9.17, 15) is 4.79 Å². The number of unbranched alkanes of at least 4 members (excludes halogenated alkanes) is 3. The molecular formula is C12H25O3SSi. The quantitative estimate of drug-likeness (QED) is 0.428. The maximum Gasteiger partial charge on any atom is 0.384 e. The zero-order valence-electron chi connectivity index (χ0n) is 11.3. The van der Waals surface area contributed by atoms with Gasteiger partial charge in [-0.2, -0.15) is 0 Å². The molecule has 0 amide bonds. The second kappa shape index (κ2) is 12.6. The molecule has 0 aromatic heterocycles. The van der Waals surface area contributed by atoms with Crippen molar-refractivity contribution in [3.05, 3.63) is 0 Å². The van der Waals surface area contributed by atoms with Gasteiger partial charge in [-0.05, 0) is 18.9 Å². The molecule has 0 bridgehead atoms. The van der Waals surface area contributed by atoms with Crippen LogP contribution < -0.4 is 0 Å². The first-order valence-corrected chi connectivity index (χ1v) is 8.85. The fourth-order valence-electron chi connectivity index (χ4n) is 1.44. The maximum absolute atomic E-state index is 11.4. The molecule has 0 aliphatic carbocycles. The highest BCUT2D eigenvalue weighted by Crippen LogP contribution is 2.13. The lowest BCUT2D eigenvalue weighted by Gasteiger charge is -2.08. The Bertz CT molecular complexity index is 187. The van der Waals surface area contributed by atoms with Gasteiger partial charge < -0.3 is 8.85 Å². The summed E-state index contributed by atoms with van der Waals surface area (Å²) in [7, 11) is 2.36. The number of rotatable bonds is 11. The van der Waals surface area contributed by atoms with E-state index in [2.05, 4.69) is 6.92 Å². The third-order valence-electron chi connectivity index (χ3n) is 2.48. The summed E-state index contributed by atoms with van der Waals surface area (Å²) in [5.41, 5.74) is 0. The lowest BCUT2D eigenvalue weighted by Crippen LogP contribution is -2.18. The van der Waals surface area contributed by atoms with Crippen LogP contribution in [0.5, 0.6) is 0 Å². The Kier molecular flexibility index (Phi) is 12.7. The minimum Gasteiger partial charge on any atom is -0.397 e. The van der Waals surface area contributed by atoms with Crippen LogP contribution in [0.2, 0.25) is 6.04 Å². The van der Waals surface area contributed by atoms with Crippen molar-refractivity contribution in [1.82, 2.24) is 0 Å². The first-order valence-electron chi connectivity index (χ1n) is 6.34. The Labute approximate surface area is 111 Å². The molecule has 0 atom stereocenters. The molecule has 0 aliphatic heterocycles.